The number of carboxylic acids is 1. The topological polar surface area (TPSA) is 60.9 Å². The van der Waals surface area contributed by atoms with Gasteiger partial charge < -0.3 is 10.0 Å². The number of carbonyl (C=O) groups excluding carboxylic acids is 1. The number of likely N-dealkylation sites (N-methyl/N-ethyl adjacent to an activating group) is 1. The first-order valence-electron chi connectivity index (χ1n) is 5.27. The molecule has 0 radical (unpaired) electrons. The van der Waals surface area contributed by atoms with Gasteiger partial charge in [0.15, 0.2) is 0 Å². The molecule has 1 atom stereocenters. The summed E-state index contributed by atoms with van der Waals surface area (Å²) in [5.74, 6) is -0.984. The Kier molecular flexibility index (Phi) is 4.08. The summed E-state index contributed by atoms with van der Waals surface area (Å²) in [5, 5.41) is 8.76. The van der Waals surface area contributed by atoms with E-state index in [2.05, 4.69) is 0 Å². The molecule has 1 aliphatic heterocycles. The Morgan fingerprint density at radius 3 is 2.73 bits per heavy atom. The molecule has 1 amide bonds. The number of hydrogen-bond donors (Lipinski definition) is 1. The van der Waals surface area contributed by atoms with Gasteiger partial charge in [0, 0.05) is 20.1 Å². The van der Waals surface area contributed by atoms with Crippen molar-refractivity contribution >= 4 is 11.9 Å². The Hall–Kier alpha value is -1.10. The lowest BCUT2D eigenvalue weighted by Crippen LogP contribution is -2.56. The van der Waals surface area contributed by atoms with Crippen molar-refractivity contribution < 1.29 is 14.7 Å². The first kappa shape index (κ1) is 12.0. The fourth-order valence-corrected chi connectivity index (χ4v) is 1.89. The van der Waals surface area contributed by atoms with Gasteiger partial charge in [-0.05, 0) is 13.0 Å². The van der Waals surface area contributed by atoms with E-state index in [-0.39, 0.29) is 12.3 Å². The van der Waals surface area contributed by atoms with E-state index in [1.165, 1.54) is 0 Å². The van der Waals surface area contributed by atoms with Crippen LogP contribution in [0.1, 0.15) is 19.8 Å². The summed E-state index contributed by atoms with van der Waals surface area (Å²) in [6.07, 6.45) is 0.844. The van der Waals surface area contributed by atoms with Crippen molar-refractivity contribution in [3.8, 4) is 0 Å². The van der Waals surface area contributed by atoms with Crippen LogP contribution >= 0.6 is 0 Å². The fourth-order valence-electron chi connectivity index (χ4n) is 1.89. The Morgan fingerprint density at radius 2 is 2.20 bits per heavy atom. The number of nitrogens with zero attached hydrogens (tertiary/aromatic N) is 2. The Morgan fingerprint density at radius 1 is 1.53 bits per heavy atom. The number of piperazine rings is 1. The maximum Gasteiger partial charge on any atom is 0.305 e. The van der Waals surface area contributed by atoms with Gasteiger partial charge in [-0.25, -0.2) is 0 Å². The fraction of sp³-hybridized carbons (Fsp3) is 0.800. The minimum absolute atomic E-state index is 0.0721. The second kappa shape index (κ2) is 5.11. The van der Waals surface area contributed by atoms with Crippen molar-refractivity contribution in [1.82, 2.24) is 9.80 Å². The third kappa shape index (κ3) is 2.92. The molecule has 15 heavy (non-hydrogen) atoms. The zero-order chi connectivity index (χ0) is 11.4. The highest BCUT2D eigenvalue weighted by atomic mass is 16.4. The summed E-state index contributed by atoms with van der Waals surface area (Å²) in [7, 11) is 1.72. The molecule has 0 aromatic carbocycles. The summed E-state index contributed by atoms with van der Waals surface area (Å²) >= 11 is 0. The molecule has 0 spiro atoms. The maximum absolute atomic E-state index is 11.8. The summed E-state index contributed by atoms with van der Waals surface area (Å²) < 4.78 is 0. The van der Waals surface area contributed by atoms with Gasteiger partial charge in [0.05, 0.1) is 12.5 Å². The van der Waals surface area contributed by atoms with Crippen LogP contribution in [0.2, 0.25) is 0 Å². The van der Waals surface area contributed by atoms with E-state index in [9.17, 15) is 9.59 Å². The van der Waals surface area contributed by atoms with Crippen LogP contribution in [-0.4, -0.2) is 59.5 Å². The van der Waals surface area contributed by atoms with Crippen molar-refractivity contribution in [1.29, 1.82) is 0 Å². The largest absolute Gasteiger partial charge is 0.481 e. The molecule has 1 N–H and O–H groups in total. The van der Waals surface area contributed by atoms with Crippen LogP contribution in [0.4, 0.5) is 0 Å². The van der Waals surface area contributed by atoms with Gasteiger partial charge in [-0.15, -0.1) is 0 Å². The molecule has 0 aromatic rings. The molecule has 86 valence electrons. The van der Waals surface area contributed by atoms with Crippen molar-refractivity contribution in [2.24, 2.45) is 0 Å². The molecular weight excluding hydrogens is 196 g/mol. The molecule has 1 fully saturated rings. The van der Waals surface area contributed by atoms with Gasteiger partial charge in [0.1, 0.15) is 0 Å². The second-order valence-electron chi connectivity index (χ2n) is 3.91. The number of hydrogen-bond acceptors (Lipinski definition) is 3. The van der Waals surface area contributed by atoms with Gasteiger partial charge in [-0.1, -0.05) is 6.92 Å². The highest BCUT2D eigenvalue weighted by molar-refractivity contribution is 5.86. The Labute approximate surface area is 89.7 Å². The van der Waals surface area contributed by atoms with Crippen LogP contribution in [0.25, 0.3) is 0 Å². The minimum atomic E-state index is -0.912. The second-order valence-corrected chi connectivity index (χ2v) is 3.91. The third-order valence-corrected chi connectivity index (χ3v) is 2.70. The number of aliphatic carboxylic acids is 1. The molecule has 5 nitrogen and oxygen atoms in total. The molecule has 0 aromatic heterocycles. The van der Waals surface area contributed by atoms with E-state index in [4.69, 9.17) is 5.11 Å². The highest BCUT2D eigenvalue weighted by Crippen LogP contribution is 2.13. The van der Waals surface area contributed by atoms with Gasteiger partial charge in [0.25, 0.3) is 0 Å². The van der Waals surface area contributed by atoms with Crippen molar-refractivity contribution in [3.63, 3.8) is 0 Å². The smallest absolute Gasteiger partial charge is 0.305 e. The summed E-state index contributed by atoms with van der Waals surface area (Å²) in [4.78, 5) is 26.0. The van der Waals surface area contributed by atoms with E-state index in [1.807, 2.05) is 11.8 Å². The lowest BCUT2D eigenvalue weighted by molar-refractivity contribution is -0.148. The zero-order valence-electron chi connectivity index (χ0n) is 9.27. The van der Waals surface area contributed by atoms with Crippen molar-refractivity contribution in [2.45, 2.75) is 25.8 Å². The Balaban J connectivity index is 2.70. The highest BCUT2D eigenvalue weighted by Gasteiger charge is 2.33. The molecule has 1 unspecified atom stereocenters. The quantitative estimate of drug-likeness (QED) is 0.716. The SMILES string of the molecule is CCCN1CCN(C)C(=O)C1CC(=O)O. The van der Waals surface area contributed by atoms with Gasteiger partial charge in [0.2, 0.25) is 5.91 Å². The monoisotopic (exact) mass is 214 g/mol. The molecule has 1 heterocycles. The predicted octanol–water partition coefficient (Wildman–Crippen LogP) is 0.0137. The van der Waals surface area contributed by atoms with E-state index >= 15 is 0 Å². The Bertz CT molecular complexity index is 255. The number of carboxylic acid groups (broad SMARTS) is 1. The normalized spacial score (nSPS) is 23.2. The number of carbonyl (C=O) groups is 2. The van der Waals surface area contributed by atoms with Gasteiger partial charge in [-0.3, -0.25) is 14.5 Å². The molecule has 1 saturated heterocycles. The average Bonchev–Trinajstić information content (AvgIpc) is 2.17. The van der Waals surface area contributed by atoms with E-state index in [0.29, 0.717) is 6.54 Å². The van der Waals surface area contributed by atoms with E-state index in [0.717, 1.165) is 19.5 Å². The number of amides is 1. The summed E-state index contributed by atoms with van der Waals surface area (Å²) in [5.41, 5.74) is 0. The molecule has 0 saturated carbocycles. The van der Waals surface area contributed by atoms with Crippen LogP contribution in [0, 0.1) is 0 Å². The lowest BCUT2D eigenvalue weighted by atomic mass is 10.1. The average molecular weight is 214 g/mol. The van der Waals surface area contributed by atoms with Crippen LogP contribution in [0.15, 0.2) is 0 Å². The lowest BCUT2D eigenvalue weighted by Gasteiger charge is -2.38. The first-order chi connectivity index (χ1) is 7.06. The predicted molar refractivity (Wildman–Crippen MR) is 55.5 cm³/mol. The van der Waals surface area contributed by atoms with Gasteiger partial charge in [-0.2, -0.15) is 0 Å². The van der Waals surface area contributed by atoms with Crippen LogP contribution < -0.4 is 0 Å². The van der Waals surface area contributed by atoms with Crippen molar-refractivity contribution in [3.05, 3.63) is 0 Å². The summed E-state index contributed by atoms with van der Waals surface area (Å²) in [6, 6.07) is -0.471. The molecule has 1 aliphatic rings. The third-order valence-electron chi connectivity index (χ3n) is 2.70. The maximum atomic E-state index is 11.8. The van der Waals surface area contributed by atoms with Gasteiger partial charge >= 0.3 is 5.97 Å². The number of rotatable bonds is 4. The standard InChI is InChI=1S/C10H18N2O3/c1-3-4-12-6-5-11(2)10(15)8(12)7-9(13)14/h8H,3-7H2,1-2H3,(H,13,14). The molecule has 0 bridgehead atoms. The van der Waals surface area contributed by atoms with E-state index in [1.54, 1.807) is 11.9 Å². The van der Waals surface area contributed by atoms with Crippen molar-refractivity contribution in [2.75, 3.05) is 26.7 Å². The zero-order valence-corrected chi connectivity index (χ0v) is 9.27. The van der Waals surface area contributed by atoms with Crippen LogP contribution in [0.3, 0.4) is 0 Å². The van der Waals surface area contributed by atoms with E-state index < -0.39 is 12.0 Å². The molecule has 5 heteroatoms. The molecular formula is C10H18N2O3. The van der Waals surface area contributed by atoms with Crippen LogP contribution in [0.5, 0.6) is 0 Å². The minimum Gasteiger partial charge on any atom is -0.481 e. The molecule has 1 rings (SSSR count). The van der Waals surface area contributed by atoms with Crippen LogP contribution in [-0.2, 0) is 9.59 Å². The molecule has 0 aliphatic carbocycles. The summed E-state index contributed by atoms with van der Waals surface area (Å²) in [6.45, 7) is 4.28. The first-order valence-corrected chi connectivity index (χ1v) is 5.27.